The predicted octanol–water partition coefficient (Wildman–Crippen LogP) is 3.41. The van der Waals surface area contributed by atoms with Crippen LogP contribution < -0.4 is 10.5 Å². The first-order chi connectivity index (χ1) is 10.0. The van der Waals surface area contributed by atoms with Gasteiger partial charge in [-0.2, -0.15) is 0 Å². The van der Waals surface area contributed by atoms with Gasteiger partial charge in [0.1, 0.15) is 0 Å². The maximum Gasteiger partial charge on any atom is 0.261 e. The Hall–Kier alpha value is -2.01. The number of aryl methyl sites for hydroxylation is 1. The molecule has 0 radical (unpaired) electrons. The van der Waals surface area contributed by atoms with Gasteiger partial charge in [0, 0.05) is 11.4 Å². The molecule has 112 valence electrons. The minimum Gasteiger partial charge on any atom is -0.399 e. The molecule has 3 N–H and O–H groups in total. The summed E-state index contributed by atoms with van der Waals surface area (Å²) in [6.07, 6.45) is 3.29. The zero-order valence-electron chi connectivity index (χ0n) is 12.0. The zero-order chi connectivity index (χ0) is 15.3. The van der Waals surface area contributed by atoms with E-state index in [-0.39, 0.29) is 4.90 Å². The molecule has 0 aromatic heterocycles. The van der Waals surface area contributed by atoms with Crippen molar-refractivity contribution in [1.29, 1.82) is 0 Å². The maximum atomic E-state index is 12.2. The third kappa shape index (κ3) is 4.23. The Morgan fingerprint density at radius 3 is 2.43 bits per heavy atom. The lowest BCUT2D eigenvalue weighted by Gasteiger charge is -2.09. The molecule has 0 saturated carbocycles. The van der Waals surface area contributed by atoms with Crippen molar-refractivity contribution in [3.63, 3.8) is 0 Å². The highest BCUT2D eigenvalue weighted by molar-refractivity contribution is 7.92. The molecule has 4 nitrogen and oxygen atoms in total. The first-order valence-corrected chi connectivity index (χ1v) is 8.47. The summed E-state index contributed by atoms with van der Waals surface area (Å²) in [6.45, 7) is 2.15. The lowest BCUT2D eigenvalue weighted by molar-refractivity contribution is 0.601. The quantitative estimate of drug-likeness (QED) is 0.803. The van der Waals surface area contributed by atoms with Gasteiger partial charge in [-0.15, -0.1) is 0 Å². The second-order valence-corrected chi connectivity index (χ2v) is 6.66. The van der Waals surface area contributed by atoms with Gasteiger partial charge in [0.2, 0.25) is 0 Å². The lowest BCUT2D eigenvalue weighted by atomic mass is 10.1. The fourth-order valence-corrected chi connectivity index (χ4v) is 3.13. The van der Waals surface area contributed by atoms with Crippen molar-refractivity contribution in [1.82, 2.24) is 0 Å². The predicted molar refractivity (Wildman–Crippen MR) is 86.7 cm³/mol. The van der Waals surface area contributed by atoms with Crippen LogP contribution in [0.25, 0.3) is 0 Å². The Balaban J connectivity index is 2.13. The topological polar surface area (TPSA) is 72.2 Å². The number of hydrogen-bond donors (Lipinski definition) is 2. The Morgan fingerprint density at radius 2 is 1.81 bits per heavy atom. The van der Waals surface area contributed by atoms with E-state index in [2.05, 4.69) is 11.6 Å². The van der Waals surface area contributed by atoms with Crippen molar-refractivity contribution >= 4 is 21.4 Å². The van der Waals surface area contributed by atoms with Crippen LogP contribution in [-0.4, -0.2) is 8.42 Å². The zero-order valence-corrected chi connectivity index (χ0v) is 12.9. The molecule has 0 bridgehead atoms. The lowest BCUT2D eigenvalue weighted by Crippen LogP contribution is -2.13. The first-order valence-electron chi connectivity index (χ1n) is 6.98. The van der Waals surface area contributed by atoms with Crippen LogP contribution in [0.4, 0.5) is 11.4 Å². The van der Waals surface area contributed by atoms with Gasteiger partial charge in [-0.25, -0.2) is 8.42 Å². The third-order valence-electron chi connectivity index (χ3n) is 3.19. The van der Waals surface area contributed by atoms with Gasteiger partial charge in [-0.1, -0.05) is 31.5 Å². The van der Waals surface area contributed by atoms with Crippen molar-refractivity contribution in [2.75, 3.05) is 10.5 Å². The van der Waals surface area contributed by atoms with Crippen LogP contribution in [0.1, 0.15) is 25.3 Å². The third-order valence-corrected chi connectivity index (χ3v) is 4.57. The molecule has 0 fully saturated rings. The minimum absolute atomic E-state index is 0.164. The average Bonchev–Trinajstić information content (AvgIpc) is 2.46. The second-order valence-electron chi connectivity index (χ2n) is 4.98. The van der Waals surface area contributed by atoms with Gasteiger partial charge in [0.25, 0.3) is 10.0 Å². The molecular weight excluding hydrogens is 284 g/mol. The van der Waals surface area contributed by atoms with Crippen LogP contribution in [0.15, 0.2) is 53.4 Å². The highest BCUT2D eigenvalue weighted by Crippen LogP contribution is 2.18. The number of nitrogens with two attached hydrogens (primary N) is 1. The van der Waals surface area contributed by atoms with Gasteiger partial charge in [0.15, 0.2) is 0 Å². The Bertz CT molecular complexity index is 694. The van der Waals surface area contributed by atoms with Crippen molar-refractivity contribution in [2.24, 2.45) is 0 Å². The number of unbranched alkanes of at least 4 members (excludes halogenated alkanes) is 1. The van der Waals surface area contributed by atoms with Gasteiger partial charge < -0.3 is 5.73 Å². The number of nitrogens with one attached hydrogen (secondary N) is 1. The van der Waals surface area contributed by atoms with Crippen LogP contribution in [0.3, 0.4) is 0 Å². The molecule has 0 heterocycles. The summed E-state index contributed by atoms with van der Waals surface area (Å²) in [5.41, 5.74) is 7.81. The average molecular weight is 304 g/mol. The van der Waals surface area contributed by atoms with E-state index in [0.29, 0.717) is 11.4 Å². The number of anilines is 2. The van der Waals surface area contributed by atoms with Crippen LogP contribution in [-0.2, 0) is 16.4 Å². The molecule has 0 saturated heterocycles. The molecule has 0 atom stereocenters. The highest BCUT2D eigenvalue weighted by atomic mass is 32.2. The number of hydrogen-bond acceptors (Lipinski definition) is 3. The molecular formula is C16H20N2O2S. The molecule has 2 rings (SSSR count). The fraction of sp³-hybridized carbons (Fsp3) is 0.250. The number of sulfonamides is 1. The van der Waals surface area contributed by atoms with E-state index in [1.807, 2.05) is 12.1 Å². The Morgan fingerprint density at radius 1 is 1.10 bits per heavy atom. The van der Waals surface area contributed by atoms with Crippen molar-refractivity contribution < 1.29 is 8.42 Å². The molecule has 2 aromatic carbocycles. The summed E-state index contributed by atoms with van der Waals surface area (Å²) >= 11 is 0. The number of benzene rings is 2. The second kappa shape index (κ2) is 6.63. The Kier molecular flexibility index (Phi) is 4.85. The summed E-state index contributed by atoms with van der Waals surface area (Å²) < 4.78 is 27.0. The Labute approximate surface area is 126 Å². The summed E-state index contributed by atoms with van der Waals surface area (Å²) in [5.74, 6) is 0. The van der Waals surface area contributed by atoms with Gasteiger partial charge in [-0.3, -0.25) is 4.72 Å². The molecule has 2 aromatic rings. The van der Waals surface area contributed by atoms with Gasteiger partial charge >= 0.3 is 0 Å². The van der Waals surface area contributed by atoms with Crippen LogP contribution in [0, 0.1) is 0 Å². The summed E-state index contributed by atoms with van der Waals surface area (Å²) in [7, 11) is -3.60. The number of nitrogen functional groups attached to an aromatic ring is 1. The van der Waals surface area contributed by atoms with Crippen LogP contribution >= 0.6 is 0 Å². The van der Waals surface area contributed by atoms with E-state index >= 15 is 0 Å². The van der Waals surface area contributed by atoms with Gasteiger partial charge in [0.05, 0.1) is 4.90 Å². The van der Waals surface area contributed by atoms with Crippen LogP contribution in [0.5, 0.6) is 0 Å². The van der Waals surface area contributed by atoms with E-state index in [1.54, 1.807) is 24.3 Å². The van der Waals surface area contributed by atoms with E-state index in [0.717, 1.165) is 19.3 Å². The SMILES string of the molecule is CCCCc1ccc(NS(=O)(=O)c2cccc(N)c2)cc1. The largest absolute Gasteiger partial charge is 0.399 e. The van der Waals surface area contributed by atoms with E-state index < -0.39 is 10.0 Å². The molecule has 0 spiro atoms. The molecule has 0 unspecified atom stereocenters. The van der Waals surface area contributed by atoms with Crippen molar-refractivity contribution in [3.8, 4) is 0 Å². The molecule has 5 heteroatoms. The summed E-state index contributed by atoms with van der Waals surface area (Å²) in [6, 6.07) is 13.7. The van der Waals surface area contributed by atoms with E-state index in [9.17, 15) is 8.42 Å². The number of rotatable bonds is 6. The first kappa shape index (κ1) is 15.4. The summed E-state index contributed by atoms with van der Waals surface area (Å²) in [4.78, 5) is 0.164. The minimum atomic E-state index is -3.60. The smallest absolute Gasteiger partial charge is 0.261 e. The molecule has 21 heavy (non-hydrogen) atoms. The maximum absolute atomic E-state index is 12.2. The molecule has 0 aliphatic heterocycles. The van der Waals surface area contributed by atoms with Gasteiger partial charge in [-0.05, 0) is 48.7 Å². The molecule has 0 aliphatic rings. The molecule has 0 amide bonds. The van der Waals surface area contributed by atoms with E-state index in [1.165, 1.54) is 17.7 Å². The monoisotopic (exact) mass is 304 g/mol. The fourth-order valence-electron chi connectivity index (χ4n) is 2.02. The van der Waals surface area contributed by atoms with E-state index in [4.69, 9.17) is 5.73 Å². The van der Waals surface area contributed by atoms with Crippen molar-refractivity contribution in [2.45, 2.75) is 31.1 Å². The molecule has 0 aliphatic carbocycles. The van der Waals surface area contributed by atoms with Crippen molar-refractivity contribution in [3.05, 3.63) is 54.1 Å². The normalized spacial score (nSPS) is 11.3. The highest BCUT2D eigenvalue weighted by Gasteiger charge is 2.14. The standard InChI is InChI=1S/C16H20N2O2S/c1-2-3-5-13-8-10-15(11-9-13)18-21(19,20)16-7-4-6-14(17)12-16/h4,6-12,18H,2-3,5,17H2,1H3. The summed E-state index contributed by atoms with van der Waals surface area (Å²) in [5, 5.41) is 0. The van der Waals surface area contributed by atoms with Crippen LogP contribution in [0.2, 0.25) is 0 Å².